The third-order valence-corrected chi connectivity index (χ3v) is 4.17. The van der Waals surface area contributed by atoms with Gasteiger partial charge in [0.2, 0.25) is 5.91 Å². The molecule has 0 aliphatic carbocycles. The van der Waals surface area contributed by atoms with E-state index in [9.17, 15) is 4.79 Å². The Morgan fingerprint density at radius 3 is 3.25 bits per heavy atom. The molecule has 0 spiro atoms. The van der Waals surface area contributed by atoms with Gasteiger partial charge >= 0.3 is 0 Å². The molecule has 2 unspecified atom stereocenters. The molecule has 3 heterocycles. The first-order valence-corrected chi connectivity index (χ1v) is 7.42. The molecule has 0 radical (unpaired) electrons. The van der Waals surface area contributed by atoms with Crippen LogP contribution in [0.2, 0.25) is 0 Å². The van der Waals surface area contributed by atoms with Crippen LogP contribution in [0.5, 0.6) is 0 Å². The second-order valence-corrected chi connectivity index (χ2v) is 5.48. The first kappa shape index (κ1) is 13.6. The lowest BCUT2D eigenvalue weighted by atomic mass is 10.0. The maximum atomic E-state index is 12.6. The van der Waals surface area contributed by atoms with Crippen molar-refractivity contribution < 1.29 is 9.53 Å². The summed E-state index contributed by atoms with van der Waals surface area (Å²) in [6.07, 6.45) is 4.74. The van der Waals surface area contributed by atoms with E-state index in [0.717, 1.165) is 37.4 Å². The molecule has 2 atom stereocenters. The average Bonchev–Trinajstić information content (AvgIpc) is 3.14. The van der Waals surface area contributed by atoms with Gasteiger partial charge in [0, 0.05) is 32.7 Å². The number of carbonyl (C=O) groups is 1. The third kappa shape index (κ3) is 2.71. The van der Waals surface area contributed by atoms with Crippen LogP contribution in [0.1, 0.15) is 31.2 Å². The number of hydrogen-bond acceptors (Lipinski definition) is 4. The van der Waals surface area contributed by atoms with E-state index >= 15 is 0 Å². The largest absolute Gasteiger partial charge is 0.376 e. The number of aromatic amines is 1. The van der Waals surface area contributed by atoms with Crippen molar-refractivity contribution in [1.82, 2.24) is 20.2 Å². The van der Waals surface area contributed by atoms with Gasteiger partial charge in [-0.3, -0.25) is 10.1 Å². The summed E-state index contributed by atoms with van der Waals surface area (Å²) in [5.41, 5.74) is 2.10. The van der Waals surface area contributed by atoms with Gasteiger partial charge in [-0.25, -0.2) is 4.98 Å². The summed E-state index contributed by atoms with van der Waals surface area (Å²) in [4.78, 5) is 21.9. The van der Waals surface area contributed by atoms with E-state index in [1.54, 1.807) is 6.33 Å². The fourth-order valence-corrected chi connectivity index (χ4v) is 2.97. The molecule has 0 saturated carbocycles. The maximum absolute atomic E-state index is 12.6. The lowest BCUT2D eigenvalue weighted by molar-refractivity contribution is -0.135. The van der Waals surface area contributed by atoms with Gasteiger partial charge in [0.05, 0.1) is 29.9 Å². The van der Waals surface area contributed by atoms with Crippen molar-refractivity contribution in [2.75, 3.05) is 19.7 Å². The quantitative estimate of drug-likeness (QED) is 0.839. The van der Waals surface area contributed by atoms with Crippen LogP contribution < -0.4 is 5.32 Å². The van der Waals surface area contributed by atoms with E-state index in [0.29, 0.717) is 19.5 Å². The molecule has 3 rings (SSSR count). The van der Waals surface area contributed by atoms with Gasteiger partial charge in [-0.05, 0) is 19.8 Å². The van der Waals surface area contributed by atoms with E-state index in [-0.39, 0.29) is 18.1 Å². The highest BCUT2D eigenvalue weighted by molar-refractivity contribution is 5.82. The van der Waals surface area contributed by atoms with Gasteiger partial charge in [0.1, 0.15) is 0 Å². The van der Waals surface area contributed by atoms with Crippen LogP contribution in [0.3, 0.4) is 0 Å². The number of carbonyl (C=O) groups excluding carboxylic acids is 1. The molecular formula is C14H22N4O2. The van der Waals surface area contributed by atoms with Gasteiger partial charge in [-0.15, -0.1) is 0 Å². The van der Waals surface area contributed by atoms with Crippen molar-refractivity contribution in [1.29, 1.82) is 0 Å². The normalized spacial score (nSPS) is 25.4. The molecule has 1 aromatic rings. The number of H-pyrrole nitrogens is 1. The maximum Gasteiger partial charge on any atom is 0.240 e. The number of ether oxygens (including phenoxy) is 1. The predicted molar refractivity (Wildman–Crippen MR) is 74.1 cm³/mol. The molecule has 6 nitrogen and oxygen atoms in total. The first-order valence-electron chi connectivity index (χ1n) is 7.42. The van der Waals surface area contributed by atoms with E-state index in [1.807, 2.05) is 11.8 Å². The van der Waals surface area contributed by atoms with Crippen molar-refractivity contribution in [3.8, 4) is 0 Å². The van der Waals surface area contributed by atoms with Crippen molar-refractivity contribution in [3.63, 3.8) is 0 Å². The number of imidazole rings is 1. The van der Waals surface area contributed by atoms with Crippen LogP contribution in [0.15, 0.2) is 6.33 Å². The standard InChI is InChI=1S/C14H22N4O2/c1-2-18(8-10-4-3-5-20-10)14(19)12-6-11-13(7-15-12)17-9-16-11/h9-10,12,15H,2-8H2,1H3,(H,16,17). The Labute approximate surface area is 118 Å². The fourth-order valence-electron chi connectivity index (χ4n) is 2.97. The summed E-state index contributed by atoms with van der Waals surface area (Å²) < 4.78 is 5.63. The number of rotatable bonds is 4. The highest BCUT2D eigenvalue weighted by atomic mass is 16.5. The van der Waals surface area contributed by atoms with E-state index in [2.05, 4.69) is 15.3 Å². The molecule has 0 aromatic carbocycles. The minimum absolute atomic E-state index is 0.160. The zero-order valence-electron chi connectivity index (χ0n) is 11.9. The molecule has 0 bridgehead atoms. The molecule has 2 N–H and O–H groups in total. The Morgan fingerprint density at radius 2 is 2.50 bits per heavy atom. The molecule has 1 fully saturated rings. The molecule has 2 aliphatic heterocycles. The summed E-state index contributed by atoms with van der Waals surface area (Å²) in [5.74, 6) is 0.164. The molecule has 1 aromatic heterocycles. The third-order valence-electron chi connectivity index (χ3n) is 4.17. The summed E-state index contributed by atoms with van der Waals surface area (Å²) in [6.45, 7) is 4.97. The second kappa shape index (κ2) is 5.93. The average molecular weight is 278 g/mol. The Bertz CT molecular complexity index is 467. The monoisotopic (exact) mass is 278 g/mol. The summed E-state index contributed by atoms with van der Waals surface area (Å²) in [5, 5.41) is 3.30. The minimum Gasteiger partial charge on any atom is -0.376 e. The number of likely N-dealkylation sites (N-methyl/N-ethyl adjacent to an activating group) is 1. The van der Waals surface area contributed by atoms with Gasteiger partial charge in [0.15, 0.2) is 0 Å². The van der Waals surface area contributed by atoms with E-state index < -0.39 is 0 Å². The van der Waals surface area contributed by atoms with Crippen molar-refractivity contribution in [2.45, 2.75) is 44.9 Å². The topological polar surface area (TPSA) is 70.2 Å². The van der Waals surface area contributed by atoms with Gasteiger partial charge in [0.25, 0.3) is 0 Å². The minimum atomic E-state index is -0.160. The highest BCUT2D eigenvalue weighted by Gasteiger charge is 2.30. The Hall–Kier alpha value is -1.40. The molecule has 1 amide bonds. The molecule has 20 heavy (non-hydrogen) atoms. The van der Waals surface area contributed by atoms with Gasteiger partial charge in [-0.1, -0.05) is 0 Å². The number of aromatic nitrogens is 2. The molecular weight excluding hydrogens is 256 g/mol. The molecule has 110 valence electrons. The van der Waals surface area contributed by atoms with Crippen molar-refractivity contribution in [3.05, 3.63) is 17.7 Å². The first-order chi connectivity index (χ1) is 9.78. The van der Waals surface area contributed by atoms with Crippen molar-refractivity contribution >= 4 is 5.91 Å². The number of nitrogens with one attached hydrogen (secondary N) is 2. The summed E-state index contributed by atoms with van der Waals surface area (Å²) in [7, 11) is 0. The second-order valence-electron chi connectivity index (χ2n) is 5.48. The zero-order chi connectivity index (χ0) is 13.9. The molecule has 2 aliphatic rings. The number of hydrogen-bond donors (Lipinski definition) is 2. The lowest BCUT2D eigenvalue weighted by Gasteiger charge is -2.30. The number of fused-ring (bicyclic) bond motifs is 1. The summed E-state index contributed by atoms with van der Waals surface area (Å²) in [6, 6.07) is -0.160. The highest BCUT2D eigenvalue weighted by Crippen LogP contribution is 2.17. The van der Waals surface area contributed by atoms with Crippen LogP contribution in [-0.2, 0) is 22.5 Å². The van der Waals surface area contributed by atoms with Crippen LogP contribution in [0, 0.1) is 0 Å². The van der Waals surface area contributed by atoms with Gasteiger partial charge < -0.3 is 14.6 Å². The van der Waals surface area contributed by atoms with Crippen molar-refractivity contribution in [2.24, 2.45) is 0 Å². The lowest BCUT2D eigenvalue weighted by Crippen LogP contribution is -2.51. The van der Waals surface area contributed by atoms with Crippen LogP contribution in [0.25, 0.3) is 0 Å². The summed E-state index contributed by atoms with van der Waals surface area (Å²) >= 11 is 0. The molecule has 1 saturated heterocycles. The smallest absolute Gasteiger partial charge is 0.240 e. The van der Waals surface area contributed by atoms with E-state index in [1.165, 1.54) is 0 Å². The van der Waals surface area contributed by atoms with Gasteiger partial charge in [-0.2, -0.15) is 0 Å². The van der Waals surface area contributed by atoms with E-state index in [4.69, 9.17) is 4.74 Å². The predicted octanol–water partition coefficient (Wildman–Crippen LogP) is 0.452. The van der Waals surface area contributed by atoms with Crippen LogP contribution in [0.4, 0.5) is 0 Å². The number of amides is 1. The fraction of sp³-hybridized carbons (Fsp3) is 0.714. The Balaban J connectivity index is 1.62. The SMILES string of the molecule is CCN(CC1CCCO1)C(=O)C1Cc2nc[nH]c2CN1. The zero-order valence-corrected chi connectivity index (χ0v) is 11.9. The molecule has 6 heteroatoms. The van der Waals surface area contributed by atoms with Crippen LogP contribution in [-0.4, -0.2) is 52.6 Å². The Morgan fingerprint density at radius 1 is 1.60 bits per heavy atom. The van der Waals surface area contributed by atoms with Crippen LogP contribution >= 0.6 is 0 Å². The number of nitrogens with zero attached hydrogens (tertiary/aromatic N) is 2. The Kier molecular flexibility index (Phi) is 4.03.